The number of benzene rings is 1. The van der Waals surface area contributed by atoms with E-state index in [9.17, 15) is 9.59 Å². The van der Waals surface area contributed by atoms with Crippen molar-refractivity contribution in [2.24, 2.45) is 23.2 Å². The lowest BCUT2D eigenvalue weighted by atomic mass is 9.48. The average Bonchev–Trinajstić information content (AvgIpc) is 2.59. The second-order valence-electron chi connectivity index (χ2n) is 8.75. The first-order chi connectivity index (χ1) is 12.4. The Labute approximate surface area is 160 Å². The van der Waals surface area contributed by atoms with E-state index >= 15 is 0 Å². The van der Waals surface area contributed by atoms with Gasteiger partial charge in [-0.15, -0.1) is 0 Å². The van der Waals surface area contributed by atoms with Crippen molar-refractivity contribution in [1.82, 2.24) is 10.6 Å². The monoisotopic (exact) mass is 374 g/mol. The molecule has 1 atom stereocenters. The van der Waals surface area contributed by atoms with Crippen molar-refractivity contribution in [3.63, 3.8) is 0 Å². The Hall–Kier alpha value is -1.55. The predicted molar refractivity (Wildman–Crippen MR) is 102 cm³/mol. The predicted octanol–water partition coefficient (Wildman–Crippen LogP) is 3.68. The highest BCUT2D eigenvalue weighted by atomic mass is 35.5. The van der Waals surface area contributed by atoms with Crippen molar-refractivity contribution in [2.75, 3.05) is 0 Å². The van der Waals surface area contributed by atoms with E-state index in [2.05, 4.69) is 17.6 Å². The lowest BCUT2D eigenvalue weighted by molar-refractivity contribution is -0.141. The van der Waals surface area contributed by atoms with Gasteiger partial charge in [-0.1, -0.05) is 29.8 Å². The Balaban J connectivity index is 1.34. The fourth-order valence-electron chi connectivity index (χ4n) is 6.02. The second kappa shape index (κ2) is 6.88. The van der Waals surface area contributed by atoms with Crippen molar-refractivity contribution in [3.8, 4) is 0 Å². The maximum atomic E-state index is 12.4. The Morgan fingerprint density at radius 2 is 1.65 bits per heavy atom. The number of hydrogen-bond acceptors (Lipinski definition) is 2. The molecule has 4 saturated carbocycles. The van der Waals surface area contributed by atoms with Gasteiger partial charge in [-0.2, -0.15) is 0 Å². The Morgan fingerprint density at radius 1 is 1.08 bits per heavy atom. The second-order valence-corrected chi connectivity index (χ2v) is 9.16. The van der Waals surface area contributed by atoms with E-state index in [4.69, 9.17) is 11.6 Å². The van der Waals surface area contributed by atoms with Crippen LogP contribution in [0.4, 0.5) is 0 Å². The van der Waals surface area contributed by atoms with Gasteiger partial charge >= 0.3 is 11.8 Å². The quantitative estimate of drug-likeness (QED) is 0.790. The summed E-state index contributed by atoms with van der Waals surface area (Å²) >= 11 is 6.10. The average molecular weight is 375 g/mol. The number of amides is 2. The number of halogens is 1. The van der Waals surface area contributed by atoms with Gasteiger partial charge < -0.3 is 10.6 Å². The van der Waals surface area contributed by atoms with Crippen LogP contribution in [0.3, 0.4) is 0 Å². The zero-order valence-corrected chi connectivity index (χ0v) is 16.0. The molecule has 0 aromatic heterocycles. The summed E-state index contributed by atoms with van der Waals surface area (Å²) in [5.41, 5.74) is 1.01. The van der Waals surface area contributed by atoms with Crippen LogP contribution in [0.15, 0.2) is 24.3 Å². The van der Waals surface area contributed by atoms with E-state index in [0.29, 0.717) is 5.02 Å². The summed E-state index contributed by atoms with van der Waals surface area (Å²) in [5.74, 6) is 1.38. The van der Waals surface area contributed by atoms with E-state index < -0.39 is 11.8 Å². The smallest absolute Gasteiger partial charge is 0.309 e. The molecule has 1 aromatic rings. The van der Waals surface area contributed by atoms with Gasteiger partial charge in [0.1, 0.15) is 0 Å². The van der Waals surface area contributed by atoms with Gasteiger partial charge in [-0.3, -0.25) is 9.59 Å². The molecule has 2 amide bonds. The lowest BCUT2D eigenvalue weighted by Crippen LogP contribution is -2.57. The van der Waals surface area contributed by atoms with Crippen molar-refractivity contribution in [2.45, 2.75) is 58.0 Å². The maximum Gasteiger partial charge on any atom is 0.309 e. The summed E-state index contributed by atoms with van der Waals surface area (Å²) < 4.78 is 0. The lowest BCUT2D eigenvalue weighted by Gasteiger charge is -2.59. The van der Waals surface area contributed by atoms with Crippen LogP contribution in [0.1, 0.15) is 51.0 Å². The number of hydrogen-bond donors (Lipinski definition) is 2. The first-order valence-corrected chi connectivity index (χ1v) is 10.1. The van der Waals surface area contributed by atoms with Gasteiger partial charge in [-0.25, -0.2) is 0 Å². The normalized spacial score (nSPS) is 32.9. The Bertz CT molecular complexity index is 682. The zero-order chi connectivity index (χ0) is 18.3. The fourth-order valence-corrected chi connectivity index (χ4v) is 6.22. The minimum absolute atomic E-state index is 0.0504. The highest BCUT2D eigenvalue weighted by Gasteiger charge is 2.53. The van der Waals surface area contributed by atoms with Gasteiger partial charge in [0.15, 0.2) is 0 Å². The molecule has 4 bridgehead atoms. The first kappa shape index (κ1) is 17.8. The molecule has 5 heteroatoms. The molecule has 0 saturated heterocycles. The van der Waals surface area contributed by atoms with Crippen LogP contribution in [0, 0.1) is 23.2 Å². The molecule has 1 aromatic carbocycles. The van der Waals surface area contributed by atoms with Gasteiger partial charge in [0, 0.05) is 17.6 Å². The minimum Gasteiger partial charge on any atom is -0.345 e. The summed E-state index contributed by atoms with van der Waals surface area (Å²) in [6.45, 7) is 2.35. The van der Waals surface area contributed by atoms with E-state index in [1.54, 1.807) is 6.07 Å². The van der Waals surface area contributed by atoms with E-state index in [-0.39, 0.29) is 18.0 Å². The summed E-state index contributed by atoms with van der Waals surface area (Å²) in [5, 5.41) is 6.28. The molecule has 0 aliphatic heterocycles. The van der Waals surface area contributed by atoms with Crippen molar-refractivity contribution < 1.29 is 9.59 Å². The first-order valence-electron chi connectivity index (χ1n) is 9.77. The van der Waals surface area contributed by atoms with Crippen molar-refractivity contribution in [3.05, 3.63) is 34.9 Å². The third-order valence-electron chi connectivity index (χ3n) is 6.96. The summed E-state index contributed by atoms with van der Waals surface area (Å²) in [6.07, 6.45) is 7.75. The number of carbonyl (C=O) groups excluding carboxylic acids is 2. The minimum atomic E-state index is -0.582. The number of carbonyl (C=O) groups is 2. The number of rotatable bonds is 4. The van der Waals surface area contributed by atoms with E-state index in [0.717, 1.165) is 23.3 Å². The van der Waals surface area contributed by atoms with Crippen LogP contribution in [-0.2, 0) is 16.1 Å². The van der Waals surface area contributed by atoms with Crippen molar-refractivity contribution in [1.29, 1.82) is 0 Å². The molecular weight excluding hydrogens is 348 g/mol. The SMILES string of the molecule is CC(NC(=O)C(=O)NCc1ccccc1Cl)C12CC3CC(CC(C3)C1)C2. The van der Waals surface area contributed by atoms with Gasteiger partial charge in [0.25, 0.3) is 0 Å². The van der Waals surface area contributed by atoms with Crippen LogP contribution in [-0.4, -0.2) is 17.9 Å². The highest BCUT2D eigenvalue weighted by Crippen LogP contribution is 2.61. The van der Waals surface area contributed by atoms with Crippen LogP contribution in [0.5, 0.6) is 0 Å². The molecule has 0 spiro atoms. The molecule has 4 aliphatic carbocycles. The molecule has 26 heavy (non-hydrogen) atoms. The van der Waals surface area contributed by atoms with Gasteiger partial charge in [0.2, 0.25) is 0 Å². The van der Waals surface area contributed by atoms with E-state index in [1.807, 2.05) is 18.2 Å². The van der Waals surface area contributed by atoms with Crippen LogP contribution >= 0.6 is 11.6 Å². The Morgan fingerprint density at radius 3 is 2.23 bits per heavy atom. The molecule has 5 rings (SSSR count). The standard InChI is InChI=1S/C21H27ClN2O2/c1-13(21-9-14-6-15(10-21)8-16(7-14)11-21)24-20(26)19(25)23-12-17-4-2-3-5-18(17)22/h2-5,13-16H,6-12H2,1H3,(H,23,25)(H,24,26). The third-order valence-corrected chi connectivity index (χ3v) is 7.32. The summed E-state index contributed by atoms with van der Waals surface area (Å²) in [6, 6.07) is 7.38. The molecular formula is C21H27ClN2O2. The molecule has 0 radical (unpaired) electrons. The largest absolute Gasteiger partial charge is 0.345 e. The van der Waals surface area contributed by atoms with Crippen LogP contribution < -0.4 is 10.6 Å². The van der Waals surface area contributed by atoms with Crippen LogP contribution in [0.2, 0.25) is 5.02 Å². The third kappa shape index (κ3) is 3.36. The molecule has 140 valence electrons. The molecule has 0 heterocycles. The molecule has 4 aliphatic rings. The fraction of sp³-hybridized carbons (Fsp3) is 0.619. The maximum absolute atomic E-state index is 12.4. The topological polar surface area (TPSA) is 58.2 Å². The van der Waals surface area contributed by atoms with Gasteiger partial charge in [-0.05, 0) is 80.2 Å². The van der Waals surface area contributed by atoms with Crippen LogP contribution in [0.25, 0.3) is 0 Å². The zero-order valence-electron chi connectivity index (χ0n) is 15.3. The molecule has 2 N–H and O–H groups in total. The Kier molecular flexibility index (Phi) is 4.72. The summed E-state index contributed by atoms with van der Waals surface area (Å²) in [7, 11) is 0. The van der Waals surface area contributed by atoms with Crippen molar-refractivity contribution >= 4 is 23.4 Å². The highest BCUT2D eigenvalue weighted by molar-refractivity contribution is 6.35. The molecule has 4 nitrogen and oxygen atoms in total. The molecule has 4 fully saturated rings. The molecule has 1 unspecified atom stereocenters. The number of nitrogens with one attached hydrogen (secondary N) is 2. The summed E-state index contributed by atoms with van der Waals surface area (Å²) in [4.78, 5) is 24.6. The van der Waals surface area contributed by atoms with E-state index in [1.165, 1.54) is 38.5 Å². The van der Waals surface area contributed by atoms with Gasteiger partial charge in [0.05, 0.1) is 0 Å².